The van der Waals surface area contributed by atoms with E-state index in [0.29, 0.717) is 36.1 Å². The minimum absolute atomic E-state index is 0.107. The maximum Gasteiger partial charge on any atom is 0.229 e. The van der Waals surface area contributed by atoms with Gasteiger partial charge in [-0.25, -0.2) is 9.97 Å². The summed E-state index contributed by atoms with van der Waals surface area (Å²) in [4.78, 5) is 21.5. The number of ether oxygens (including phenoxy) is 1. The molecule has 0 radical (unpaired) electrons. The van der Waals surface area contributed by atoms with Gasteiger partial charge in [0.1, 0.15) is 6.33 Å². The predicted molar refractivity (Wildman–Crippen MR) is 122 cm³/mol. The van der Waals surface area contributed by atoms with E-state index in [1.54, 1.807) is 18.1 Å². The van der Waals surface area contributed by atoms with Gasteiger partial charge >= 0.3 is 0 Å². The van der Waals surface area contributed by atoms with Crippen LogP contribution in [0.3, 0.4) is 0 Å². The summed E-state index contributed by atoms with van der Waals surface area (Å²) in [5.41, 5.74) is 3.95. The molecule has 1 aliphatic heterocycles. The van der Waals surface area contributed by atoms with Crippen LogP contribution in [0.4, 0.5) is 17.5 Å². The highest BCUT2D eigenvalue weighted by molar-refractivity contribution is 7.84. The molecular formula is C20H21N7O2S2. The standard InChI is InChI=1S/C20H21N7O2S2/c1-13-9-26(7-8-29-13)20-24-18(23-14-3-5-15(6-4-14)31(2)28)17-19(25-20)27(11-21-17)16-10-30-12-22-16/h3-6,10-13H,7-9H2,1-2H3,(H,23,24,25)/t13?,31-/m1/s1. The number of anilines is 3. The molecule has 5 rings (SSSR count). The minimum atomic E-state index is -1.02. The van der Waals surface area contributed by atoms with Gasteiger partial charge in [0.25, 0.3) is 0 Å². The monoisotopic (exact) mass is 455 g/mol. The van der Waals surface area contributed by atoms with Gasteiger partial charge in [-0.3, -0.25) is 8.78 Å². The first-order valence-corrected chi connectivity index (χ1v) is 12.3. The van der Waals surface area contributed by atoms with Crippen molar-refractivity contribution in [3.63, 3.8) is 0 Å². The van der Waals surface area contributed by atoms with Gasteiger partial charge in [-0.05, 0) is 31.2 Å². The molecule has 3 aromatic heterocycles. The average Bonchev–Trinajstić information content (AvgIpc) is 3.44. The van der Waals surface area contributed by atoms with Crippen LogP contribution in [0.25, 0.3) is 17.0 Å². The number of benzene rings is 1. The van der Waals surface area contributed by atoms with Gasteiger partial charge in [-0.15, -0.1) is 11.3 Å². The molecule has 160 valence electrons. The molecular weight excluding hydrogens is 434 g/mol. The highest BCUT2D eigenvalue weighted by atomic mass is 32.2. The molecule has 0 bridgehead atoms. The molecule has 1 aromatic carbocycles. The van der Waals surface area contributed by atoms with Crippen molar-refractivity contribution in [2.75, 3.05) is 36.2 Å². The second kappa shape index (κ2) is 8.33. The summed E-state index contributed by atoms with van der Waals surface area (Å²) < 4.78 is 19.2. The van der Waals surface area contributed by atoms with Gasteiger partial charge in [0.2, 0.25) is 5.95 Å². The third-order valence-corrected chi connectivity index (χ3v) is 6.53. The zero-order valence-corrected chi connectivity index (χ0v) is 18.7. The first-order chi connectivity index (χ1) is 15.1. The van der Waals surface area contributed by atoms with Crippen LogP contribution in [0.5, 0.6) is 0 Å². The van der Waals surface area contributed by atoms with Gasteiger partial charge in [-0.2, -0.15) is 9.97 Å². The summed E-state index contributed by atoms with van der Waals surface area (Å²) >= 11 is 1.52. The van der Waals surface area contributed by atoms with Gasteiger partial charge in [0.05, 0.1) is 18.2 Å². The lowest BCUT2D eigenvalue weighted by molar-refractivity contribution is 0.0526. The molecule has 31 heavy (non-hydrogen) atoms. The Bertz CT molecular complexity index is 1220. The molecule has 0 spiro atoms. The van der Waals surface area contributed by atoms with Crippen molar-refractivity contribution in [1.82, 2.24) is 24.5 Å². The number of rotatable bonds is 5. The summed E-state index contributed by atoms with van der Waals surface area (Å²) in [6, 6.07) is 7.46. The van der Waals surface area contributed by atoms with Crippen LogP contribution in [-0.2, 0) is 15.5 Å². The van der Waals surface area contributed by atoms with Crippen molar-refractivity contribution in [2.45, 2.75) is 17.9 Å². The molecule has 0 aliphatic carbocycles. The number of thiazole rings is 1. The molecule has 9 nitrogen and oxygen atoms in total. The first kappa shape index (κ1) is 20.0. The molecule has 2 atom stereocenters. The maximum absolute atomic E-state index is 11.7. The van der Waals surface area contributed by atoms with E-state index in [1.807, 2.05) is 41.1 Å². The molecule has 4 heterocycles. The van der Waals surface area contributed by atoms with Crippen molar-refractivity contribution in [1.29, 1.82) is 0 Å². The van der Waals surface area contributed by atoms with Crippen molar-refractivity contribution in [3.8, 4) is 5.82 Å². The van der Waals surface area contributed by atoms with Gasteiger partial charge in [0, 0.05) is 46.1 Å². The largest absolute Gasteiger partial charge is 0.375 e. The fourth-order valence-electron chi connectivity index (χ4n) is 3.48. The predicted octanol–water partition coefficient (Wildman–Crippen LogP) is 2.98. The van der Waals surface area contributed by atoms with Crippen molar-refractivity contribution in [2.24, 2.45) is 0 Å². The summed E-state index contributed by atoms with van der Waals surface area (Å²) in [6.07, 6.45) is 3.49. The third kappa shape index (κ3) is 4.03. The van der Waals surface area contributed by atoms with E-state index < -0.39 is 10.8 Å². The van der Waals surface area contributed by atoms with Gasteiger partial charge in [0.15, 0.2) is 22.8 Å². The normalized spacial score (nSPS) is 17.7. The Morgan fingerprint density at radius 2 is 2.06 bits per heavy atom. The number of fused-ring (bicyclic) bond motifs is 1. The Morgan fingerprint density at radius 1 is 1.23 bits per heavy atom. The highest BCUT2D eigenvalue weighted by Gasteiger charge is 2.23. The quantitative estimate of drug-likeness (QED) is 0.490. The number of hydrogen-bond acceptors (Lipinski definition) is 9. The van der Waals surface area contributed by atoms with Crippen LogP contribution in [0.15, 0.2) is 46.4 Å². The Hall–Kier alpha value is -2.89. The average molecular weight is 456 g/mol. The Kier molecular flexibility index (Phi) is 5.38. The number of nitrogens with zero attached hydrogens (tertiary/aromatic N) is 6. The van der Waals surface area contributed by atoms with Crippen LogP contribution >= 0.6 is 11.3 Å². The van der Waals surface area contributed by atoms with Gasteiger partial charge in [-0.1, -0.05) is 0 Å². The fraction of sp³-hybridized carbons (Fsp3) is 0.300. The number of aromatic nitrogens is 5. The van der Waals surface area contributed by atoms with Crippen LogP contribution in [0, 0.1) is 0 Å². The molecule has 11 heteroatoms. The Balaban J connectivity index is 1.59. The topological polar surface area (TPSA) is 98.1 Å². The molecule has 0 amide bonds. The van der Waals surface area contributed by atoms with E-state index in [2.05, 4.69) is 20.2 Å². The van der Waals surface area contributed by atoms with Crippen LogP contribution in [-0.4, -0.2) is 60.8 Å². The van der Waals surface area contributed by atoms with Crippen LogP contribution in [0.2, 0.25) is 0 Å². The third-order valence-electron chi connectivity index (χ3n) is 5.02. The number of morpholine rings is 1. The molecule has 1 N–H and O–H groups in total. The van der Waals surface area contributed by atoms with E-state index >= 15 is 0 Å². The van der Waals surface area contributed by atoms with E-state index in [4.69, 9.17) is 14.7 Å². The lowest BCUT2D eigenvalue weighted by Crippen LogP contribution is -2.42. The molecule has 1 aliphatic rings. The zero-order chi connectivity index (χ0) is 21.4. The van der Waals surface area contributed by atoms with Crippen LogP contribution in [0.1, 0.15) is 6.92 Å². The zero-order valence-electron chi connectivity index (χ0n) is 17.1. The summed E-state index contributed by atoms with van der Waals surface area (Å²) in [5.74, 6) is 2.00. The summed E-state index contributed by atoms with van der Waals surface area (Å²) in [7, 11) is -1.02. The number of nitrogens with one attached hydrogen (secondary N) is 1. The summed E-state index contributed by atoms with van der Waals surface area (Å²) in [6.45, 7) is 4.11. The molecule has 4 aromatic rings. The van der Waals surface area contributed by atoms with Crippen molar-refractivity contribution < 1.29 is 8.95 Å². The van der Waals surface area contributed by atoms with Crippen molar-refractivity contribution in [3.05, 3.63) is 41.5 Å². The lowest BCUT2D eigenvalue weighted by Gasteiger charge is -2.31. The Morgan fingerprint density at radius 3 is 2.77 bits per heavy atom. The molecule has 1 saturated heterocycles. The maximum atomic E-state index is 11.7. The fourth-order valence-corrected chi connectivity index (χ4v) is 4.52. The van der Waals surface area contributed by atoms with E-state index in [0.717, 1.165) is 22.9 Å². The SMILES string of the molecule is CC1CN(c2nc(Nc3ccc([S@@](C)=O)cc3)c3ncn(-c4cscn4)c3n2)CCO1. The minimum Gasteiger partial charge on any atom is -0.375 e. The second-order valence-corrected chi connectivity index (χ2v) is 9.33. The van der Waals surface area contributed by atoms with Crippen LogP contribution < -0.4 is 10.2 Å². The van der Waals surface area contributed by atoms with E-state index in [9.17, 15) is 4.21 Å². The smallest absolute Gasteiger partial charge is 0.229 e. The first-order valence-electron chi connectivity index (χ1n) is 9.79. The number of hydrogen-bond donors (Lipinski definition) is 1. The van der Waals surface area contributed by atoms with Crippen molar-refractivity contribution >= 4 is 50.8 Å². The van der Waals surface area contributed by atoms with Gasteiger partial charge < -0.3 is 15.0 Å². The molecule has 0 saturated carbocycles. The molecule has 1 fully saturated rings. The Labute approximate surface area is 185 Å². The highest BCUT2D eigenvalue weighted by Crippen LogP contribution is 2.28. The summed E-state index contributed by atoms with van der Waals surface area (Å²) in [5, 5.41) is 5.32. The van der Waals surface area contributed by atoms with E-state index in [1.165, 1.54) is 11.3 Å². The molecule has 1 unspecified atom stereocenters. The number of imidazole rings is 1. The van der Waals surface area contributed by atoms with E-state index in [-0.39, 0.29) is 6.10 Å². The lowest BCUT2D eigenvalue weighted by atomic mass is 10.3. The second-order valence-electron chi connectivity index (χ2n) is 7.24.